The van der Waals surface area contributed by atoms with Crippen LogP contribution in [0.25, 0.3) is 10.9 Å². The normalized spacial score (nSPS) is 12.6. The average molecular weight is 357 g/mol. The SMILES string of the molecule is CC(C)C(NC(=O)c1cc2c(F)cc(Br)cc2[nH]1)C(=O)O. The van der Waals surface area contributed by atoms with Crippen LogP contribution in [0.15, 0.2) is 22.7 Å². The van der Waals surface area contributed by atoms with Crippen molar-refractivity contribution in [3.63, 3.8) is 0 Å². The topological polar surface area (TPSA) is 82.2 Å². The molecule has 5 nitrogen and oxygen atoms in total. The molecule has 3 N–H and O–H groups in total. The Bertz CT molecular complexity index is 712. The van der Waals surface area contributed by atoms with Crippen molar-refractivity contribution in [3.05, 3.63) is 34.2 Å². The van der Waals surface area contributed by atoms with E-state index >= 15 is 0 Å². The number of carboxylic acids is 1. The third-order valence-corrected chi connectivity index (χ3v) is 3.57. The molecule has 0 aliphatic carbocycles. The molecular formula is C14H14BrFN2O3. The van der Waals surface area contributed by atoms with E-state index in [1.165, 1.54) is 12.1 Å². The highest BCUT2D eigenvalue weighted by atomic mass is 79.9. The molecule has 1 heterocycles. The van der Waals surface area contributed by atoms with Crippen LogP contribution in [0.5, 0.6) is 0 Å². The van der Waals surface area contributed by atoms with Gasteiger partial charge >= 0.3 is 5.97 Å². The molecule has 0 fully saturated rings. The number of hydrogen-bond acceptors (Lipinski definition) is 2. The van der Waals surface area contributed by atoms with Gasteiger partial charge in [0.2, 0.25) is 0 Å². The zero-order valence-electron chi connectivity index (χ0n) is 11.4. The van der Waals surface area contributed by atoms with Gasteiger partial charge in [-0.3, -0.25) is 4.79 Å². The fourth-order valence-corrected chi connectivity index (χ4v) is 2.45. The van der Waals surface area contributed by atoms with Gasteiger partial charge < -0.3 is 15.4 Å². The Morgan fingerprint density at radius 1 is 1.33 bits per heavy atom. The Labute approximate surface area is 128 Å². The molecule has 0 aliphatic heterocycles. The Hall–Kier alpha value is -1.89. The predicted molar refractivity (Wildman–Crippen MR) is 79.7 cm³/mol. The molecule has 1 aromatic heterocycles. The van der Waals surface area contributed by atoms with Crippen LogP contribution in [0.1, 0.15) is 24.3 Å². The number of carbonyl (C=O) groups excluding carboxylic acids is 1. The molecule has 1 atom stereocenters. The average Bonchev–Trinajstić information content (AvgIpc) is 2.78. The van der Waals surface area contributed by atoms with Gasteiger partial charge in [0.1, 0.15) is 17.6 Å². The van der Waals surface area contributed by atoms with Crippen LogP contribution in [0.3, 0.4) is 0 Å². The van der Waals surface area contributed by atoms with Crippen molar-refractivity contribution >= 4 is 38.7 Å². The van der Waals surface area contributed by atoms with Gasteiger partial charge in [-0.1, -0.05) is 29.8 Å². The smallest absolute Gasteiger partial charge is 0.326 e. The van der Waals surface area contributed by atoms with Crippen LogP contribution < -0.4 is 5.32 Å². The number of aliphatic carboxylic acids is 1. The summed E-state index contributed by atoms with van der Waals surface area (Å²) in [5.41, 5.74) is 0.581. The second kappa shape index (κ2) is 5.85. The molecule has 0 radical (unpaired) electrons. The highest BCUT2D eigenvalue weighted by Crippen LogP contribution is 2.24. The number of benzene rings is 1. The maximum atomic E-state index is 13.8. The van der Waals surface area contributed by atoms with Gasteiger partial charge in [-0.2, -0.15) is 0 Å². The Morgan fingerprint density at radius 2 is 2.00 bits per heavy atom. The molecule has 1 unspecified atom stereocenters. The number of fused-ring (bicyclic) bond motifs is 1. The minimum Gasteiger partial charge on any atom is -0.480 e. The summed E-state index contributed by atoms with van der Waals surface area (Å²) >= 11 is 3.17. The van der Waals surface area contributed by atoms with E-state index in [9.17, 15) is 14.0 Å². The van der Waals surface area contributed by atoms with Crippen LogP contribution in [-0.4, -0.2) is 28.0 Å². The fourth-order valence-electron chi connectivity index (χ4n) is 2.02. The van der Waals surface area contributed by atoms with E-state index in [1.807, 2.05) is 0 Å². The Morgan fingerprint density at radius 3 is 2.57 bits per heavy atom. The highest BCUT2D eigenvalue weighted by molar-refractivity contribution is 9.10. The summed E-state index contributed by atoms with van der Waals surface area (Å²) < 4.78 is 14.3. The van der Waals surface area contributed by atoms with Gasteiger partial charge in [0.05, 0.1) is 5.52 Å². The number of aromatic nitrogens is 1. The molecule has 2 aromatic rings. The largest absolute Gasteiger partial charge is 0.480 e. The minimum absolute atomic E-state index is 0.119. The Balaban J connectivity index is 2.31. The number of rotatable bonds is 4. The monoisotopic (exact) mass is 356 g/mol. The van der Waals surface area contributed by atoms with Gasteiger partial charge in [-0.15, -0.1) is 0 Å². The van der Waals surface area contributed by atoms with Crippen molar-refractivity contribution < 1.29 is 19.1 Å². The quantitative estimate of drug-likeness (QED) is 0.787. The first-order valence-electron chi connectivity index (χ1n) is 6.31. The molecule has 0 aliphatic rings. The van der Waals surface area contributed by atoms with E-state index in [4.69, 9.17) is 5.11 Å². The zero-order valence-corrected chi connectivity index (χ0v) is 13.0. The van der Waals surface area contributed by atoms with Crippen LogP contribution >= 0.6 is 15.9 Å². The Kier molecular flexibility index (Phi) is 4.32. The number of H-pyrrole nitrogens is 1. The summed E-state index contributed by atoms with van der Waals surface area (Å²) in [5.74, 6) is -2.42. The third-order valence-electron chi connectivity index (χ3n) is 3.12. The van der Waals surface area contributed by atoms with Gasteiger partial charge in [0.15, 0.2) is 0 Å². The van der Waals surface area contributed by atoms with E-state index in [-0.39, 0.29) is 17.0 Å². The van der Waals surface area contributed by atoms with Crippen LogP contribution in [0, 0.1) is 11.7 Å². The number of nitrogens with one attached hydrogen (secondary N) is 2. The van der Waals surface area contributed by atoms with Crippen molar-refractivity contribution in [2.24, 2.45) is 5.92 Å². The molecule has 7 heteroatoms. The lowest BCUT2D eigenvalue weighted by molar-refractivity contribution is -0.140. The van der Waals surface area contributed by atoms with E-state index < -0.39 is 23.7 Å². The molecular weight excluding hydrogens is 343 g/mol. The third kappa shape index (κ3) is 3.24. The van der Waals surface area contributed by atoms with Crippen LogP contribution in [0.2, 0.25) is 0 Å². The van der Waals surface area contributed by atoms with Crippen molar-refractivity contribution in [2.75, 3.05) is 0 Å². The maximum Gasteiger partial charge on any atom is 0.326 e. The summed E-state index contributed by atoms with van der Waals surface area (Å²) in [5, 5.41) is 11.8. The fraction of sp³-hybridized carbons (Fsp3) is 0.286. The first-order valence-corrected chi connectivity index (χ1v) is 7.10. The molecule has 0 saturated carbocycles. The maximum absolute atomic E-state index is 13.8. The first-order chi connectivity index (χ1) is 9.79. The number of hydrogen-bond donors (Lipinski definition) is 3. The molecule has 0 saturated heterocycles. The zero-order chi connectivity index (χ0) is 15.7. The van der Waals surface area contributed by atoms with E-state index in [2.05, 4.69) is 26.2 Å². The first kappa shape index (κ1) is 15.5. The molecule has 1 aromatic carbocycles. The summed E-state index contributed by atoms with van der Waals surface area (Å²) in [6, 6.07) is 3.31. The molecule has 21 heavy (non-hydrogen) atoms. The molecule has 0 spiro atoms. The molecule has 2 rings (SSSR count). The summed E-state index contributed by atoms with van der Waals surface area (Å²) in [6.45, 7) is 3.39. The van der Waals surface area contributed by atoms with Crippen molar-refractivity contribution in [1.82, 2.24) is 10.3 Å². The van der Waals surface area contributed by atoms with Crippen LogP contribution in [-0.2, 0) is 4.79 Å². The summed E-state index contributed by atoms with van der Waals surface area (Å²) in [6.07, 6.45) is 0. The van der Waals surface area contributed by atoms with Crippen molar-refractivity contribution in [2.45, 2.75) is 19.9 Å². The standard InChI is InChI=1S/C14H14BrFN2O3/c1-6(2)12(14(20)21)18-13(19)11-5-8-9(16)3-7(15)4-10(8)17-11/h3-6,12,17H,1-2H3,(H,18,19)(H,20,21). The van der Waals surface area contributed by atoms with Gasteiger partial charge in [0, 0.05) is 9.86 Å². The second-order valence-corrected chi connectivity index (χ2v) is 5.98. The minimum atomic E-state index is -1.11. The summed E-state index contributed by atoms with van der Waals surface area (Å²) in [4.78, 5) is 26.0. The van der Waals surface area contributed by atoms with E-state index in [0.717, 1.165) is 0 Å². The van der Waals surface area contributed by atoms with Crippen molar-refractivity contribution in [3.8, 4) is 0 Å². The van der Waals surface area contributed by atoms with Gasteiger partial charge in [-0.25, -0.2) is 9.18 Å². The number of amides is 1. The highest BCUT2D eigenvalue weighted by Gasteiger charge is 2.24. The molecule has 1 amide bonds. The lowest BCUT2D eigenvalue weighted by Crippen LogP contribution is -2.44. The summed E-state index contributed by atoms with van der Waals surface area (Å²) in [7, 11) is 0. The molecule has 0 bridgehead atoms. The van der Waals surface area contributed by atoms with E-state index in [1.54, 1.807) is 19.9 Å². The lowest BCUT2D eigenvalue weighted by Gasteiger charge is -2.17. The lowest BCUT2D eigenvalue weighted by atomic mass is 10.0. The van der Waals surface area contributed by atoms with Crippen LogP contribution in [0.4, 0.5) is 4.39 Å². The number of halogens is 2. The number of aromatic amines is 1. The second-order valence-electron chi connectivity index (χ2n) is 5.07. The predicted octanol–water partition coefficient (Wildman–Crippen LogP) is 2.91. The molecule has 112 valence electrons. The van der Waals surface area contributed by atoms with E-state index in [0.29, 0.717) is 9.99 Å². The number of carbonyl (C=O) groups is 2. The van der Waals surface area contributed by atoms with Gasteiger partial charge in [-0.05, 0) is 24.1 Å². The number of carboxylic acid groups (broad SMARTS) is 1. The van der Waals surface area contributed by atoms with Gasteiger partial charge in [0.25, 0.3) is 5.91 Å². The van der Waals surface area contributed by atoms with Crippen molar-refractivity contribution in [1.29, 1.82) is 0 Å².